The van der Waals surface area contributed by atoms with Gasteiger partial charge in [-0.15, -0.1) is 0 Å². The van der Waals surface area contributed by atoms with E-state index in [1.165, 1.54) is 25.7 Å². The Morgan fingerprint density at radius 3 is 2.42 bits per heavy atom. The summed E-state index contributed by atoms with van der Waals surface area (Å²) in [6.07, 6.45) is 4.87. The lowest BCUT2D eigenvalue weighted by Gasteiger charge is -2.27. The normalized spacial score (nSPS) is 16.5. The fraction of sp³-hybridized carbons (Fsp3) is 0.667. The van der Waals surface area contributed by atoms with Crippen molar-refractivity contribution in [3.8, 4) is 0 Å². The zero-order valence-corrected chi connectivity index (χ0v) is 17.5. The molecule has 0 saturated heterocycles. The maximum Gasteiger partial charge on any atom is 0.224 e. The molecule has 4 nitrogen and oxygen atoms in total. The number of nitrogens with one attached hydrogen (secondary N) is 3. The highest BCUT2D eigenvalue weighted by Gasteiger charge is 2.29. The Balaban J connectivity index is 0.000000765. The maximum absolute atomic E-state index is 12.5. The van der Waals surface area contributed by atoms with Crippen LogP contribution < -0.4 is 16.0 Å². The smallest absolute Gasteiger partial charge is 0.224 e. The molecular formula is C21H36ClN3O. The number of amides is 1. The third-order valence-electron chi connectivity index (χ3n) is 4.88. The third-order valence-corrected chi connectivity index (χ3v) is 5.11. The largest absolute Gasteiger partial charge is 0.349 e. The number of halogens is 1. The second-order valence-electron chi connectivity index (χ2n) is 7.00. The fourth-order valence-corrected chi connectivity index (χ4v) is 3.41. The van der Waals surface area contributed by atoms with Crippen LogP contribution in [0, 0.1) is 11.8 Å². The van der Waals surface area contributed by atoms with E-state index in [1.54, 1.807) is 0 Å². The summed E-state index contributed by atoms with van der Waals surface area (Å²) in [6, 6.07) is 7.99. The van der Waals surface area contributed by atoms with Crippen LogP contribution in [0.25, 0.3) is 0 Å². The number of benzene rings is 1. The van der Waals surface area contributed by atoms with Crippen molar-refractivity contribution in [3.63, 3.8) is 0 Å². The van der Waals surface area contributed by atoms with E-state index >= 15 is 0 Å². The topological polar surface area (TPSA) is 53.2 Å². The van der Waals surface area contributed by atoms with Gasteiger partial charge in [-0.2, -0.15) is 0 Å². The molecule has 0 spiro atoms. The molecule has 2 rings (SSSR count). The predicted molar refractivity (Wildman–Crippen MR) is 112 cm³/mol. The summed E-state index contributed by atoms with van der Waals surface area (Å²) in [7, 11) is 1.93. The molecule has 1 aromatic carbocycles. The minimum absolute atomic E-state index is 0.0250. The lowest BCUT2D eigenvalue weighted by molar-refractivity contribution is -0.125. The molecule has 0 aromatic heterocycles. The summed E-state index contributed by atoms with van der Waals surface area (Å²) in [4.78, 5) is 12.5. The van der Waals surface area contributed by atoms with Crippen LogP contribution in [-0.4, -0.2) is 32.6 Å². The van der Waals surface area contributed by atoms with Crippen LogP contribution in [-0.2, 0) is 4.79 Å². The van der Waals surface area contributed by atoms with Crippen LogP contribution in [0.15, 0.2) is 24.3 Å². The molecule has 148 valence electrons. The van der Waals surface area contributed by atoms with Gasteiger partial charge in [0.25, 0.3) is 0 Å². The van der Waals surface area contributed by atoms with E-state index in [1.807, 2.05) is 32.2 Å². The van der Waals surface area contributed by atoms with Crippen molar-refractivity contribution < 1.29 is 4.79 Å². The molecule has 1 aliphatic carbocycles. The van der Waals surface area contributed by atoms with Crippen LogP contribution in [0.5, 0.6) is 0 Å². The van der Waals surface area contributed by atoms with Crippen LogP contribution in [0.4, 0.5) is 0 Å². The van der Waals surface area contributed by atoms with E-state index < -0.39 is 0 Å². The Morgan fingerprint density at radius 1 is 1.23 bits per heavy atom. The predicted octanol–water partition coefficient (Wildman–Crippen LogP) is 4.16. The molecule has 1 amide bonds. The second kappa shape index (κ2) is 13.1. The summed E-state index contributed by atoms with van der Waals surface area (Å²) < 4.78 is 0. The van der Waals surface area contributed by atoms with Crippen molar-refractivity contribution in [2.75, 3.05) is 26.7 Å². The zero-order chi connectivity index (χ0) is 19.4. The van der Waals surface area contributed by atoms with Gasteiger partial charge in [0.05, 0.1) is 6.04 Å². The minimum atomic E-state index is -0.0250. The van der Waals surface area contributed by atoms with Gasteiger partial charge in [0.2, 0.25) is 5.91 Å². The Bertz CT molecular complexity index is 516. The van der Waals surface area contributed by atoms with Gasteiger partial charge in [0.1, 0.15) is 0 Å². The number of hydrogen-bond donors (Lipinski definition) is 3. The number of hydrogen-bond acceptors (Lipinski definition) is 3. The van der Waals surface area contributed by atoms with Gasteiger partial charge in [0.15, 0.2) is 0 Å². The van der Waals surface area contributed by atoms with Crippen molar-refractivity contribution in [2.45, 2.75) is 52.5 Å². The summed E-state index contributed by atoms with van der Waals surface area (Å²) in [6.45, 7) is 8.77. The SMILES string of the molecule is CCNC.CCNCC(C)C(=O)N[C@H](c1cccc(Cl)c1)C1CCCC1. The molecular weight excluding hydrogens is 346 g/mol. The zero-order valence-electron chi connectivity index (χ0n) is 16.8. The molecule has 26 heavy (non-hydrogen) atoms. The highest BCUT2D eigenvalue weighted by Crippen LogP contribution is 2.36. The van der Waals surface area contributed by atoms with Crippen molar-refractivity contribution in [1.82, 2.24) is 16.0 Å². The molecule has 1 saturated carbocycles. The Labute approximate surface area is 164 Å². The lowest BCUT2D eigenvalue weighted by Crippen LogP contribution is -2.39. The quantitative estimate of drug-likeness (QED) is 0.633. The molecule has 1 unspecified atom stereocenters. The van der Waals surface area contributed by atoms with E-state index in [4.69, 9.17) is 11.6 Å². The summed E-state index contributed by atoms with van der Waals surface area (Å²) in [5.74, 6) is 0.620. The minimum Gasteiger partial charge on any atom is -0.349 e. The van der Waals surface area contributed by atoms with E-state index in [2.05, 4.69) is 35.9 Å². The second-order valence-corrected chi connectivity index (χ2v) is 7.44. The van der Waals surface area contributed by atoms with Gasteiger partial charge in [-0.25, -0.2) is 0 Å². The van der Waals surface area contributed by atoms with E-state index in [0.717, 1.165) is 30.2 Å². The van der Waals surface area contributed by atoms with Gasteiger partial charge in [0, 0.05) is 17.5 Å². The Morgan fingerprint density at radius 2 is 1.88 bits per heavy atom. The van der Waals surface area contributed by atoms with Crippen LogP contribution in [0.1, 0.15) is 58.1 Å². The molecule has 0 heterocycles. The summed E-state index contributed by atoms with van der Waals surface area (Å²) >= 11 is 6.14. The Kier molecular flexibility index (Phi) is 11.6. The molecule has 0 aliphatic heterocycles. The van der Waals surface area contributed by atoms with Crippen LogP contribution >= 0.6 is 11.6 Å². The molecule has 1 aliphatic rings. The Hall–Kier alpha value is -1.10. The van der Waals surface area contributed by atoms with E-state index in [-0.39, 0.29) is 17.9 Å². The first-order valence-corrected chi connectivity index (χ1v) is 10.3. The summed E-state index contributed by atoms with van der Waals surface area (Å²) in [5.41, 5.74) is 1.13. The molecule has 1 fully saturated rings. The third kappa shape index (κ3) is 8.07. The molecule has 1 aromatic rings. The van der Waals surface area contributed by atoms with Gasteiger partial charge in [-0.3, -0.25) is 4.79 Å². The monoisotopic (exact) mass is 381 g/mol. The van der Waals surface area contributed by atoms with Crippen LogP contribution in [0.2, 0.25) is 5.02 Å². The van der Waals surface area contributed by atoms with Gasteiger partial charge < -0.3 is 16.0 Å². The van der Waals surface area contributed by atoms with Gasteiger partial charge in [-0.05, 0) is 56.6 Å². The van der Waals surface area contributed by atoms with Crippen molar-refractivity contribution in [2.24, 2.45) is 11.8 Å². The maximum atomic E-state index is 12.5. The first-order chi connectivity index (χ1) is 12.5. The average Bonchev–Trinajstić information content (AvgIpc) is 3.18. The van der Waals surface area contributed by atoms with E-state index in [9.17, 15) is 4.79 Å². The highest BCUT2D eigenvalue weighted by atomic mass is 35.5. The highest BCUT2D eigenvalue weighted by molar-refractivity contribution is 6.30. The van der Waals surface area contributed by atoms with Gasteiger partial charge in [-0.1, -0.05) is 57.3 Å². The van der Waals surface area contributed by atoms with Crippen molar-refractivity contribution >= 4 is 17.5 Å². The number of carbonyl (C=O) groups is 1. The van der Waals surface area contributed by atoms with Crippen molar-refractivity contribution in [1.29, 1.82) is 0 Å². The lowest BCUT2D eigenvalue weighted by atomic mass is 9.91. The molecule has 0 radical (unpaired) electrons. The number of carbonyl (C=O) groups excluding carboxylic acids is 1. The first kappa shape index (κ1) is 22.9. The molecule has 0 bridgehead atoms. The van der Waals surface area contributed by atoms with Crippen molar-refractivity contribution in [3.05, 3.63) is 34.9 Å². The van der Waals surface area contributed by atoms with Gasteiger partial charge >= 0.3 is 0 Å². The first-order valence-electron chi connectivity index (χ1n) is 9.94. The van der Waals surface area contributed by atoms with E-state index in [0.29, 0.717) is 5.92 Å². The van der Waals surface area contributed by atoms with Crippen LogP contribution in [0.3, 0.4) is 0 Å². The molecule has 2 atom stereocenters. The average molecular weight is 382 g/mol. The summed E-state index contributed by atoms with van der Waals surface area (Å²) in [5, 5.41) is 10.2. The fourth-order valence-electron chi connectivity index (χ4n) is 3.21. The molecule has 3 N–H and O–H groups in total. The number of rotatable bonds is 8. The standard InChI is InChI=1S/C18H27ClN2O.C3H9N/c1-3-20-12-13(2)18(22)21-17(14-7-4-5-8-14)15-9-6-10-16(19)11-15;1-3-4-2/h6,9-11,13-14,17,20H,3-5,7-8,12H2,1-2H3,(H,21,22);4H,3H2,1-2H3/t13?,17-;/m0./s1. The molecule has 5 heteroatoms.